The van der Waals surface area contributed by atoms with Crippen LogP contribution in [0.5, 0.6) is 0 Å². The van der Waals surface area contributed by atoms with Gasteiger partial charge in [-0.1, -0.05) is 60.7 Å². The molecule has 1 saturated heterocycles. The average Bonchev–Trinajstić information content (AvgIpc) is 3.20. The molecule has 0 spiro atoms. The fraction of sp³-hybridized carbons (Fsp3) is 0.364. The molecule has 0 aromatic heterocycles. The zero-order valence-electron chi connectivity index (χ0n) is 15.5. The summed E-state index contributed by atoms with van der Waals surface area (Å²) in [7, 11) is 0. The summed E-state index contributed by atoms with van der Waals surface area (Å²) in [5.74, 6) is -0.701. The van der Waals surface area contributed by atoms with Crippen molar-refractivity contribution in [3.8, 4) is 0 Å². The van der Waals surface area contributed by atoms with Crippen LogP contribution < -0.4 is 16.0 Å². The largest absolute Gasteiger partial charge is 0.355 e. The molecule has 2 aromatic rings. The number of carbonyl (C=O) groups excluding carboxylic acids is 2. The van der Waals surface area contributed by atoms with E-state index >= 15 is 0 Å². The van der Waals surface area contributed by atoms with Crippen LogP contribution >= 0.6 is 0 Å². The van der Waals surface area contributed by atoms with Gasteiger partial charge in [-0.15, -0.1) is 0 Å². The molecule has 0 aliphatic carbocycles. The lowest BCUT2D eigenvalue weighted by atomic mass is 9.94. The number of benzene rings is 2. The Kier molecular flexibility index (Phi) is 6.99. The van der Waals surface area contributed by atoms with Crippen LogP contribution in [0.25, 0.3) is 0 Å². The number of rotatable bonds is 8. The number of carbonyl (C=O) groups is 2. The fourth-order valence-electron chi connectivity index (χ4n) is 3.44. The molecule has 1 aliphatic rings. The van der Waals surface area contributed by atoms with Crippen LogP contribution in [0.4, 0.5) is 0 Å². The molecule has 2 atom stereocenters. The molecule has 0 radical (unpaired) electrons. The first-order chi connectivity index (χ1) is 13.2. The van der Waals surface area contributed by atoms with Gasteiger partial charge in [-0.3, -0.25) is 9.59 Å². The monoisotopic (exact) mass is 365 g/mol. The van der Waals surface area contributed by atoms with Gasteiger partial charge >= 0.3 is 0 Å². The van der Waals surface area contributed by atoms with E-state index in [0.29, 0.717) is 26.2 Å². The van der Waals surface area contributed by atoms with Gasteiger partial charge in [0.1, 0.15) is 0 Å². The molecule has 5 nitrogen and oxygen atoms in total. The number of amides is 2. The molecular weight excluding hydrogens is 338 g/mol. The molecule has 27 heavy (non-hydrogen) atoms. The summed E-state index contributed by atoms with van der Waals surface area (Å²) in [5.41, 5.74) is 2.38. The Morgan fingerprint density at radius 3 is 1.56 bits per heavy atom. The Bertz CT molecular complexity index is 670. The molecule has 3 rings (SSSR count). The first kappa shape index (κ1) is 19.1. The number of hydrogen-bond acceptors (Lipinski definition) is 3. The third kappa shape index (κ3) is 5.66. The average molecular weight is 365 g/mol. The molecule has 3 N–H and O–H groups in total. The predicted octanol–water partition coefficient (Wildman–Crippen LogP) is 1.54. The lowest BCUT2D eigenvalue weighted by Crippen LogP contribution is -2.42. The fourth-order valence-corrected chi connectivity index (χ4v) is 3.44. The van der Waals surface area contributed by atoms with Crippen LogP contribution in [0.15, 0.2) is 60.7 Å². The van der Waals surface area contributed by atoms with Gasteiger partial charge in [0.05, 0.1) is 11.8 Å². The van der Waals surface area contributed by atoms with Crippen molar-refractivity contribution in [2.24, 2.45) is 11.8 Å². The second-order valence-electron chi connectivity index (χ2n) is 6.92. The lowest BCUT2D eigenvalue weighted by molar-refractivity contribution is -0.132. The zero-order valence-corrected chi connectivity index (χ0v) is 15.5. The maximum absolute atomic E-state index is 12.5. The molecule has 5 heteroatoms. The van der Waals surface area contributed by atoms with Gasteiger partial charge in [0.25, 0.3) is 0 Å². The second kappa shape index (κ2) is 9.88. The maximum Gasteiger partial charge on any atom is 0.225 e. The minimum absolute atomic E-state index is 0.0425. The van der Waals surface area contributed by atoms with Crippen molar-refractivity contribution in [1.82, 2.24) is 16.0 Å². The first-order valence-corrected chi connectivity index (χ1v) is 9.58. The van der Waals surface area contributed by atoms with Crippen molar-refractivity contribution < 1.29 is 9.59 Å². The molecule has 0 bridgehead atoms. The Hall–Kier alpha value is -2.66. The van der Waals surface area contributed by atoms with Gasteiger partial charge in [0, 0.05) is 26.2 Å². The van der Waals surface area contributed by atoms with Crippen LogP contribution in [0.1, 0.15) is 11.1 Å². The van der Waals surface area contributed by atoms with Crippen molar-refractivity contribution >= 4 is 11.8 Å². The van der Waals surface area contributed by atoms with Gasteiger partial charge in [-0.2, -0.15) is 0 Å². The summed E-state index contributed by atoms with van der Waals surface area (Å²) in [4.78, 5) is 25.0. The Labute approximate surface area is 160 Å². The summed E-state index contributed by atoms with van der Waals surface area (Å²) in [5, 5.41) is 9.14. The molecule has 2 aromatic carbocycles. The van der Waals surface area contributed by atoms with Gasteiger partial charge in [-0.05, 0) is 24.0 Å². The van der Waals surface area contributed by atoms with E-state index in [1.165, 1.54) is 11.1 Å². The van der Waals surface area contributed by atoms with Crippen molar-refractivity contribution in [3.05, 3.63) is 71.8 Å². The molecule has 1 heterocycles. The summed E-state index contributed by atoms with van der Waals surface area (Å²) < 4.78 is 0. The summed E-state index contributed by atoms with van der Waals surface area (Å²) in [6, 6.07) is 20.1. The van der Waals surface area contributed by atoms with Crippen LogP contribution in [0, 0.1) is 11.8 Å². The normalized spacial score (nSPS) is 18.8. The van der Waals surface area contributed by atoms with E-state index in [-0.39, 0.29) is 23.7 Å². The highest BCUT2D eigenvalue weighted by Crippen LogP contribution is 2.17. The van der Waals surface area contributed by atoms with Crippen molar-refractivity contribution in [3.63, 3.8) is 0 Å². The summed E-state index contributed by atoms with van der Waals surface area (Å²) in [6.07, 6.45) is 1.58. The van der Waals surface area contributed by atoms with Crippen molar-refractivity contribution in [2.45, 2.75) is 12.8 Å². The first-order valence-electron chi connectivity index (χ1n) is 9.58. The van der Waals surface area contributed by atoms with E-state index < -0.39 is 0 Å². The Morgan fingerprint density at radius 1 is 0.741 bits per heavy atom. The molecule has 2 unspecified atom stereocenters. The van der Waals surface area contributed by atoms with Gasteiger partial charge in [0.2, 0.25) is 11.8 Å². The lowest BCUT2D eigenvalue weighted by Gasteiger charge is -2.18. The molecular formula is C22H27N3O2. The van der Waals surface area contributed by atoms with Gasteiger partial charge in [0.15, 0.2) is 0 Å². The summed E-state index contributed by atoms with van der Waals surface area (Å²) >= 11 is 0. The zero-order chi connectivity index (χ0) is 18.9. The predicted molar refractivity (Wildman–Crippen MR) is 106 cm³/mol. The number of nitrogens with one attached hydrogen (secondary N) is 3. The molecule has 0 saturated carbocycles. The van der Waals surface area contributed by atoms with Gasteiger partial charge in [-0.25, -0.2) is 0 Å². The Morgan fingerprint density at radius 2 is 1.15 bits per heavy atom. The molecule has 1 aliphatic heterocycles. The summed E-state index contributed by atoms with van der Waals surface area (Å²) in [6.45, 7) is 2.27. The second-order valence-corrected chi connectivity index (χ2v) is 6.92. The van der Waals surface area contributed by atoms with E-state index in [4.69, 9.17) is 0 Å². The molecule has 142 valence electrons. The number of hydrogen-bond donors (Lipinski definition) is 3. The third-order valence-electron chi connectivity index (χ3n) is 5.00. The van der Waals surface area contributed by atoms with E-state index in [0.717, 1.165) is 12.8 Å². The molecule has 1 fully saturated rings. The molecule has 2 amide bonds. The minimum atomic E-state index is -0.308. The standard InChI is InChI=1S/C22H27N3O2/c26-21(24-13-11-17-7-3-1-4-8-17)19-15-23-16-20(19)22(27)25-14-12-18-9-5-2-6-10-18/h1-10,19-20,23H,11-16H2,(H,24,26)(H,25,27). The van der Waals surface area contributed by atoms with Crippen LogP contribution in [0.3, 0.4) is 0 Å². The van der Waals surface area contributed by atoms with Crippen LogP contribution in [-0.4, -0.2) is 38.0 Å². The van der Waals surface area contributed by atoms with E-state index in [1.54, 1.807) is 0 Å². The van der Waals surface area contributed by atoms with Crippen molar-refractivity contribution in [1.29, 1.82) is 0 Å². The highest BCUT2D eigenvalue weighted by molar-refractivity contribution is 5.88. The quantitative estimate of drug-likeness (QED) is 0.665. The topological polar surface area (TPSA) is 70.2 Å². The van der Waals surface area contributed by atoms with E-state index in [9.17, 15) is 9.59 Å². The third-order valence-corrected chi connectivity index (χ3v) is 5.00. The SMILES string of the molecule is O=C(NCCc1ccccc1)C1CNCC1C(=O)NCCc1ccccc1. The highest BCUT2D eigenvalue weighted by atomic mass is 16.2. The Balaban J connectivity index is 1.42. The smallest absolute Gasteiger partial charge is 0.225 e. The van der Waals surface area contributed by atoms with Crippen LogP contribution in [0.2, 0.25) is 0 Å². The van der Waals surface area contributed by atoms with Crippen LogP contribution in [-0.2, 0) is 22.4 Å². The van der Waals surface area contributed by atoms with Crippen molar-refractivity contribution in [2.75, 3.05) is 26.2 Å². The maximum atomic E-state index is 12.5. The van der Waals surface area contributed by atoms with E-state index in [2.05, 4.69) is 16.0 Å². The van der Waals surface area contributed by atoms with E-state index in [1.807, 2.05) is 60.7 Å². The van der Waals surface area contributed by atoms with Gasteiger partial charge < -0.3 is 16.0 Å². The minimum Gasteiger partial charge on any atom is -0.355 e. The highest BCUT2D eigenvalue weighted by Gasteiger charge is 2.37.